The van der Waals surface area contributed by atoms with Crippen LogP contribution >= 0.6 is 15.9 Å². The van der Waals surface area contributed by atoms with Crippen molar-refractivity contribution in [2.75, 3.05) is 20.2 Å². The number of nitrogens with zero attached hydrogens (tertiary/aromatic N) is 1. The first-order valence-corrected chi connectivity index (χ1v) is 6.78. The fourth-order valence-electron chi connectivity index (χ4n) is 2.29. The SMILES string of the molecule is COC1CCCN(Cc2c(F)ccc(Br)c2F)C1. The third-order valence-corrected chi connectivity index (χ3v) is 3.93. The molecule has 0 spiro atoms. The topological polar surface area (TPSA) is 12.5 Å². The van der Waals surface area contributed by atoms with Gasteiger partial charge in [-0.2, -0.15) is 0 Å². The molecule has 0 bridgehead atoms. The number of hydrogen-bond acceptors (Lipinski definition) is 2. The van der Waals surface area contributed by atoms with Gasteiger partial charge in [0.25, 0.3) is 0 Å². The van der Waals surface area contributed by atoms with E-state index < -0.39 is 11.6 Å². The van der Waals surface area contributed by atoms with Gasteiger partial charge in [0, 0.05) is 25.8 Å². The Morgan fingerprint density at radius 1 is 1.44 bits per heavy atom. The van der Waals surface area contributed by atoms with E-state index in [9.17, 15) is 8.78 Å². The Hall–Kier alpha value is -0.520. The number of ether oxygens (including phenoxy) is 1. The largest absolute Gasteiger partial charge is 0.380 e. The van der Waals surface area contributed by atoms with Crippen LogP contribution in [-0.2, 0) is 11.3 Å². The van der Waals surface area contributed by atoms with Gasteiger partial charge >= 0.3 is 0 Å². The molecule has 1 aromatic rings. The maximum atomic E-state index is 13.9. The molecule has 0 radical (unpaired) electrons. The van der Waals surface area contributed by atoms with Crippen molar-refractivity contribution in [1.82, 2.24) is 4.90 Å². The maximum absolute atomic E-state index is 13.9. The molecule has 1 aromatic carbocycles. The van der Waals surface area contributed by atoms with Crippen LogP contribution in [0.25, 0.3) is 0 Å². The zero-order valence-corrected chi connectivity index (χ0v) is 11.8. The molecule has 0 amide bonds. The van der Waals surface area contributed by atoms with Crippen LogP contribution in [0.1, 0.15) is 18.4 Å². The summed E-state index contributed by atoms with van der Waals surface area (Å²) in [4.78, 5) is 2.03. The van der Waals surface area contributed by atoms with Gasteiger partial charge in [-0.25, -0.2) is 8.78 Å². The molecule has 0 aliphatic carbocycles. The first kappa shape index (κ1) is 13.9. The van der Waals surface area contributed by atoms with E-state index in [2.05, 4.69) is 15.9 Å². The molecule has 18 heavy (non-hydrogen) atoms. The van der Waals surface area contributed by atoms with Crippen molar-refractivity contribution in [3.8, 4) is 0 Å². The molecule has 100 valence electrons. The lowest BCUT2D eigenvalue weighted by molar-refractivity contribution is 0.0278. The minimum atomic E-state index is -0.505. The number of methoxy groups -OCH3 is 1. The standard InChI is InChI=1S/C13H16BrF2NO/c1-18-9-3-2-6-17(7-9)8-10-12(15)5-4-11(14)13(10)16/h4-5,9H,2-3,6-8H2,1H3. The van der Waals surface area contributed by atoms with Crippen molar-refractivity contribution in [3.05, 3.63) is 33.8 Å². The van der Waals surface area contributed by atoms with Crippen LogP contribution in [0.2, 0.25) is 0 Å². The summed E-state index contributed by atoms with van der Waals surface area (Å²) >= 11 is 3.09. The molecule has 1 atom stereocenters. The van der Waals surface area contributed by atoms with Crippen molar-refractivity contribution >= 4 is 15.9 Å². The lowest BCUT2D eigenvalue weighted by atomic mass is 10.1. The quantitative estimate of drug-likeness (QED) is 0.792. The highest BCUT2D eigenvalue weighted by molar-refractivity contribution is 9.10. The predicted molar refractivity (Wildman–Crippen MR) is 69.4 cm³/mol. The van der Waals surface area contributed by atoms with Crippen LogP contribution in [-0.4, -0.2) is 31.2 Å². The van der Waals surface area contributed by atoms with Crippen LogP contribution in [0.3, 0.4) is 0 Å². The molecule has 2 rings (SSSR count). The minimum Gasteiger partial charge on any atom is -0.380 e. The number of likely N-dealkylation sites (tertiary alicyclic amines) is 1. The average molecular weight is 320 g/mol. The molecule has 1 aliphatic rings. The number of benzene rings is 1. The second-order valence-corrected chi connectivity index (χ2v) is 5.41. The van der Waals surface area contributed by atoms with Crippen LogP contribution in [0, 0.1) is 11.6 Å². The zero-order chi connectivity index (χ0) is 13.1. The van der Waals surface area contributed by atoms with Gasteiger partial charge in [-0.1, -0.05) is 0 Å². The zero-order valence-electron chi connectivity index (χ0n) is 10.3. The first-order chi connectivity index (χ1) is 8.61. The van der Waals surface area contributed by atoms with Crippen molar-refractivity contribution < 1.29 is 13.5 Å². The van der Waals surface area contributed by atoms with E-state index in [4.69, 9.17) is 4.74 Å². The predicted octanol–water partition coefficient (Wildman–Crippen LogP) is 3.34. The first-order valence-electron chi connectivity index (χ1n) is 5.99. The Kier molecular flexibility index (Phi) is 4.70. The molecule has 1 unspecified atom stereocenters. The van der Waals surface area contributed by atoms with Crippen LogP contribution < -0.4 is 0 Å². The maximum Gasteiger partial charge on any atom is 0.144 e. The smallest absolute Gasteiger partial charge is 0.144 e. The summed E-state index contributed by atoms with van der Waals surface area (Å²) in [5.74, 6) is -0.996. The van der Waals surface area contributed by atoms with Gasteiger partial charge in [-0.05, 0) is 47.4 Å². The van der Waals surface area contributed by atoms with Gasteiger partial charge in [0.05, 0.1) is 10.6 Å². The monoisotopic (exact) mass is 319 g/mol. The Bertz CT molecular complexity index is 428. The summed E-state index contributed by atoms with van der Waals surface area (Å²) in [5, 5.41) is 0. The van der Waals surface area contributed by atoms with Crippen LogP contribution in [0.4, 0.5) is 8.78 Å². The third kappa shape index (κ3) is 3.08. The van der Waals surface area contributed by atoms with E-state index in [1.807, 2.05) is 4.90 Å². The van der Waals surface area contributed by atoms with Crippen molar-refractivity contribution in [2.45, 2.75) is 25.5 Å². The van der Waals surface area contributed by atoms with E-state index >= 15 is 0 Å². The van der Waals surface area contributed by atoms with Gasteiger partial charge in [0.1, 0.15) is 11.6 Å². The van der Waals surface area contributed by atoms with Crippen LogP contribution in [0.15, 0.2) is 16.6 Å². The van der Waals surface area contributed by atoms with Crippen molar-refractivity contribution in [2.24, 2.45) is 0 Å². The summed E-state index contributed by atoms with van der Waals surface area (Å²) < 4.78 is 33.1. The molecule has 1 aliphatic heterocycles. The summed E-state index contributed by atoms with van der Waals surface area (Å²) in [6.45, 7) is 1.87. The van der Waals surface area contributed by atoms with Crippen LogP contribution in [0.5, 0.6) is 0 Å². The average Bonchev–Trinajstić information content (AvgIpc) is 2.39. The lowest BCUT2D eigenvalue weighted by Gasteiger charge is -2.32. The van der Waals surface area contributed by atoms with Gasteiger partial charge in [-0.3, -0.25) is 4.90 Å². The van der Waals surface area contributed by atoms with E-state index in [-0.39, 0.29) is 18.2 Å². The molecule has 0 N–H and O–H groups in total. The Balaban J connectivity index is 2.11. The van der Waals surface area contributed by atoms with Crippen molar-refractivity contribution in [1.29, 1.82) is 0 Å². The second-order valence-electron chi connectivity index (χ2n) is 4.56. The molecule has 2 nitrogen and oxygen atoms in total. The Labute approximate surface area is 114 Å². The third-order valence-electron chi connectivity index (χ3n) is 3.32. The highest BCUT2D eigenvalue weighted by atomic mass is 79.9. The molecule has 1 saturated heterocycles. The van der Waals surface area contributed by atoms with E-state index in [1.165, 1.54) is 12.1 Å². The number of rotatable bonds is 3. The summed E-state index contributed by atoms with van der Waals surface area (Å²) in [6.07, 6.45) is 2.17. The summed E-state index contributed by atoms with van der Waals surface area (Å²) in [6, 6.07) is 2.68. The molecule has 0 aromatic heterocycles. The molecule has 0 saturated carbocycles. The second kappa shape index (κ2) is 6.08. The lowest BCUT2D eigenvalue weighted by Crippen LogP contribution is -2.39. The highest BCUT2D eigenvalue weighted by Gasteiger charge is 2.22. The minimum absolute atomic E-state index is 0.126. The molecular weight excluding hydrogens is 304 g/mol. The summed E-state index contributed by atoms with van der Waals surface area (Å²) in [5.41, 5.74) is 0.126. The Morgan fingerprint density at radius 3 is 2.94 bits per heavy atom. The highest BCUT2D eigenvalue weighted by Crippen LogP contribution is 2.24. The summed E-state index contributed by atoms with van der Waals surface area (Å²) in [7, 11) is 1.68. The van der Waals surface area contributed by atoms with E-state index in [0.717, 1.165) is 25.9 Å². The number of hydrogen-bond donors (Lipinski definition) is 0. The molecule has 5 heteroatoms. The number of piperidine rings is 1. The fourth-order valence-corrected chi connectivity index (χ4v) is 2.66. The molecule has 1 heterocycles. The van der Waals surface area contributed by atoms with Gasteiger partial charge in [0.15, 0.2) is 0 Å². The van der Waals surface area contributed by atoms with Crippen molar-refractivity contribution in [3.63, 3.8) is 0 Å². The number of halogens is 3. The normalized spacial score (nSPS) is 21.2. The molecule has 1 fully saturated rings. The molecular formula is C13H16BrF2NO. The van der Waals surface area contributed by atoms with Gasteiger partial charge in [0.2, 0.25) is 0 Å². The fraction of sp³-hybridized carbons (Fsp3) is 0.538. The van der Waals surface area contributed by atoms with E-state index in [1.54, 1.807) is 7.11 Å². The van der Waals surface area contributed by atoms with E-state index in [0.29, 0.717) is 4.47 Å². The van der Waals surface area contributed by atoms with Gasteiger partial charge in [-0.15, -0.1) is 0 Å². The Morgan fingerprint density at radius 2 is 2.22 bits per heavy atom. The van der Waals surface area contributed by atoms with Gasteiger partial charge < -0.3 is 4.74 Å².